The molecule has 0 unspecified atom stereocenters. The van der Waals surface area contributed by atoms with Crippen LogP contribution in [0.4, 0.5) is 0 Å². The average Bonchev–Trinajstić information content (AvgIpc) is 2.62. The second-order valence-corrected chi connectivity index (χ2v) is 8.97. The molecule has 2 N–H and O–H groups in total. The lowest BCUT2D eigenvalue weighted by molar-refractivity contribution is 0.296. The molecule has 0 aliphatic heterocycles. The molecular weight excluding hydrogens is 376 g/mol. The molecule has 1 aromatic carbocycles. The first-order chi connectivity index (χ1) is 13.0. The van der Waals surface area contributed by atoms with E-state index in [9.17, 15) is 5.11 Å². The highest BCUT2D eigenvalue weighted by molar-refractivity contribution is 8.22. The van der Waals surface area contributed by atoms with E-state index in [-0.39, 0.29) is 12.5 Å². The maximum absolute atomic E-state index is 10.8. The standard InChI is InChI=1S/C22H32O3S2/c1-3-4-5-9-17-14-19(24)21(18-10-6-8-16(2)13-18)20(15-17)25-22(26)27-12-7-11-23/h13-15,18,23-24H,3-12H2,1-2H3/t18-/m0/s1. The van der Waals surface area contributed by atoms with E-state index < -0.39 is 0 Å². The highest BCUT2D eigenvalue weighted by Crippen LogP contribution is 2.42. The molecule has 0 spiro atoms. The Morgan fingerprint density at radius 1 is 1.30 bits per heavy atom. The molecule has 5 heteroatoms. The number of benzene rings is 1. The average molecular weight is 409 g/mol. The fourth-order valence-corrected chi connectivity index (χ4v) is 4.45. The highest BCUT2D eigenvalue weighted by atomic mass is 32.2. The first kappa shape index (κ1) is 22.3. The first-order valence-electron chi connectivity index (χ1n) is 10.0. The summed E-state index contributed by atoms with van der Waals surface area (Å²) in [6, 6.07) is 3.96. The van der Waals surface area contributed by atoms with Gasteiger partial charge in [0.25, 0.3) is 0 Å². The first-order valence-corrected chi connectivity index (χ1v) is 11.4. The van der Waals surface area contributed by atoms with Crippen LogP contribution >= 0.6 is 24.0 Å². The molecule has 0 radical (unpaired) electrons. The maximum atomic E-state index is 10.8. The third-order valence-electron chi connectivity index (χ3n) is 4.91. The van der Waals surface area contributed by atoms with Gasteiger partial charge in [-0.3, -0.25) is 0 Å². The summed E-state index contributed by atoms with van der Waals surface area (Å²) in [7, 11) is 0. The van der Waals surface area contributed by atoms with Crippen molar-refractivity contribution in [3.05, 3.63) is 34.9 Å². The Morgan fingerprint density at radius 3 is 2.81 bits per heavy atom. The molecule has 0 heterocycles. The van der Waals surface area contributed by atoms with E-state index in [4.69, 9.17) is 22.1 Å². The summed E-state index contributed by atoms with van der Waals surface area (Å²) in [5.41, 5.74) is 3.32. The summed E-state index contributed by atoms with van der Waals surface area (Å²) < 4.78 is 6.48. The van der Waals surface area contributed by atoms with E-state index in [1.165, 1.54) is 30.2 Å². The van der Waals surface area contributed by atoms with E-state index >= 15 is 0 Å². The van der Waals surface area contributed by atoms with Gasteiger partial charge in [0.05, 0.1) is 0 Å². The van der Waals surface area contributed by atoms with Gasteiger partial charge in [0.1, 0.15) is 11.5 Å². The van der Waals surface area contributed by atoms with Crippen LogP contribution in [0.1, 0.15) is 75.8 Å². The number of phenolic OH excluding ortho intramolecular Hbond substituents is 1. The van der Waals surface area contributed by atoms with E-state index in [0.29, 0.717) is 22.3 Å². The van der Waals surface area contributed by atoms with Gasteiger partial charge < -0.3 is 14.9 Å². The number of aromatic hydroxyl groups is 1. The van der Waals surface area contributed by atoms with E-state index in [1.807, 2.05) is 6.07 Å². The van der Waals surface area contributed by atoms with Crippen molar-refractivity contribution in [3.8, 4) is 11.5 Å². The van der Waals surface area contributed by atoms with Gasteiger partial charge in [-0.25, -0.2) is 0 Å². The molecule has 0 amide bonds. The van der Waals surface area contributed by atoms with Crippen LogP contribution in [0.3, 0.4) is 0 Å². The minimum Gasteiger partial charge on any atom is -0.507 e. The van der Waals surface area contributed by atoms with Crippen LogP contribution in [0.5, 0.6) is 11.5 Å². The fourth-order valence-electron chi connectivity index (χ4n) is 3.53. The van der Waals surface area contributed by atoms with Crippen LogP contribution in [0.15, 0.2) is 23.8 Å². The Bertz CT molecular complexity index is 655. The molecule has 1 atom stereocenters. The monoisotopic (exact) mass is 408 g/mol. The van der Waals surface area contributed by atoms with Crippen molar-refractivity contribution in [1.82, 2.24) is 0 Å². The zero-order valence-corrected chi connectivity index (χ0v) is 18.1. The Balaban J connectivity index is 2.26. The van der Waals surface area contributed by atoms with Crippen LogP contribution < -0.4 is 4.74 Å². The number of allylic oxidation sites excluding steroid dienone is 2. The number of aryl methyl sites for hydroxylation is 1. The van der Waals surface area contributed by atoms with E-state index in [0.717, 1.165) is 49.0 Å². The number of thioether (sulfide) groups is 1. The predicted molar refractivity (Wildman–Crippen MR) is 119 cm³/mol. The van der Waals surface area contributed by atoms with Gasteiger partial charge in [0.2, 0.25) is 4.38 Å². The molecule has 0 bridgehead atoms. The second-order valence-electron chi connectivity index (χ2n) is 7.27. The summed E-state index contributed by atoms with van der Waals surface area (Å²) in [6.45, 7) is 4.49. The van der Waals surface area contributed by atoms with Crippen LogP contribution in [-0.2, 0) is 6.42 Å². The number of hydrogen-bond acceptors (Lipinski definition) is 5. The summed E-state index contributed by atoms with van der Waals surface area (Å²) in [4.78, 5) is 0. The molecule has 0 saturated heterocycles. The number of unbranched alkanes of at least 4 members (excludes halogenated alkanes) is 2. The maximum Gasteiger partial charge on any atom is 0.225 e. The topological polar surface area (TPSA) is 49.7 Å². The Morgan fingerprint density at radius 2 is 2.11 bits per heavy atom. The predicted octanol–water partition coefficient (Wildman–Crippen LogP) is 6.12. The van der Waals surface area contributed by atoms with Crippen molar-refractivity contribution in [3.63, 3.8) is 0 Å². The highest BCUT2D eigenvalue weighted by Gasteiger charge is 2.23. The third kappa shape index (κ3) is 7.13. The van der Waals surface area contributed by atoms with Gasteiger partial charge in [-0.2, -0.15) is 0 Å². The molecule has 0 fully saturated rings. The van der Waals surface area contributed by atoms with Crippen molar-refractivity contribution in [2.75, 3.05) is 12.4 Å². The normalized spacial score (nSPS) is 16.9. The molecule has 150 valence electrons. The van der Waals surface area contributed by atoms with E-state index in [2.05, 4.69) is 26.0 Å². The molecule has 1 aliphatic rings. The lowest BCUT2D eigenvalue weighted by Gasteiger charge is -2.24. The minimum atomic E-state index is 0.153. The van der Waals surface area contributed by atoms with Crippen molar-refractivity contribution in [2.24, 2.45) is 0 Å². The van der Waals surface area contributed by atoms with Crippen LogP contribution in [0.25, 0.3) is 0 Å². The molecular formula is C22H32O3S2. The number of ether oxygens (including phenoxy) is 1. The molecule has 1 aliphatic carbocycles. The SMILES string of the molecule is CCCCCc1cc(O)c([C@@H]2C=C(C)CCC2)c(OC(=S)SCCCO)c1. The van der Waals surface area contributed by atoms with Crippen LogP contribution in [0, 0.1) is 0 Å². The van der Waals surface area contributed by atoms with Crippen molar-refractivity contribution >= 4 is 28.4 Å². The number of aliphatic hydroxyl groups is 1. The molecule has 0 aromatic heterocycles. The Labute approximate surface area is 173 Å². The summed E-state index contributed by atoms with van der Waals surface area (Å²) in [5, 5.41) is 19.7. The van der Waals surface area contributed by atoms with Gasteiger partial charge in [-0.05, 0) is 75.4 Å². The summed E-state index contributed by atoms with van der Waals surface area (Å²) in [6.07, 6.45) is 10.6. The zero-order valence-electron chi connectivity index (χ0n) is 16.5. The lowest BCUT2D eigenvalue weighted by atomic mass is 9.84. The fraction of sp³-hybridized carbons (Fsp3) is 0.591. The summed E-state index contributed by atoms with van der Waals surface area (Å²) >= 11 is 6.83. The van der Waals surface area contributed by atoms with Crippen LogP contribution in [0.2, 0.25) is 0 Å². The lowest BCUT2D eigenvalue weighted by Crippen LogP contribution is -2.09. The number of rotatable bonds is 9. The Hall–Kier alpha value is -1.04. The number of aliphatic hydroxyl groups excluding tert-OH is 1. The van der Waals surface area contributed by atoms with Gasteiger partial charge in [0, 0.05) is 23.8 Å². The van der Waals surface area contributed by atoms with Crippen LogP contribution in [-0.4, -0.2) is 27.0 Å². The van der Waals surface area contributed by atoms with Crippen molar-refractivity contribution in [2.45, 2.75) is 71.1 Å². The number of phenols is 1. The van der Waals surface area contributed by atoms with Gasteiger partial charge in [-0.15, -0.1) is 0 Å². The Kier molecular flexibility index (Phi) is 9.66. The number of hydrogen-bond donors (Lipinski definition) is 2. The van der Waals surface area contributed by atoms with Gasteiger partial charge in [0.15, 0.2) is 0 Å². The quantitative estimate of drug-likeness (QED) is 0.293. The van der Waals surface area contributed by atoms with Gasteiger partial charge >= 0.3 is 0 Å². The second kappa shape index (κ2) is 11.7. The molecule has 3 nitrogen and oxygen atoms in total. The third-order valence-corrected chi connectivity index (χ3v) is 6.16. The zero-order chi connectivity index (χ0) is 19.6. The van der Waals surface area contributed by atoms with Crippen molar-refractivity contribution < 1.29 is 14.9 Å². The summed E-state index contributed by atoms with van der Waals surface area (Å²) in [5.74, 6) is 1.91. The van der Waals surface area contributed by atoms with E-state index in [1.54, 1.807) is 0 Å². The molecule has 1 aromatic rings. The molecule has 2 rings (SSSR count). The van der Waals surface area contributed by atoms with Crippen molar-refractivity contribution in [1.29, 1.82) is 0 Å². The smallest absolute Gasteiger partial charge is 0.225 e. The molecule has 0 saturated carbocycles. The minimum absolute atomic E-state index is 0.153. The largest absolute Gasteiger partial charge is 0.507 e. The molecule has 27 heavy (non-hydrogen) atoms. The van der Waals surface area contributed by atoms with Gasteiger partial charge in [-0.1, -0.05) is 43.2 Å². The number of thiocarbonyl (C=S) groups is 1.